The summed E-state index contributed by atoms with van der Waals surface area (Å²) in [5, 5.41) is 5.47. The molecule has 0 radical (unpaired) electrons. The predicted molar refractivity (Wildman–Crippen MR) is 72.3 cm³/mol. The van der Waals surface area contributed by atoms with E-state index < -0.39 is 17.6 Å². The second-order valence-electron chi connectivity index (χ2n) is 4.95. The molecule has 7 heteroatoms. The lowest BCUT2D eigenvalue weighted by Crippen LogP contribution is -2.28. The Kier molecular flexibility index (Phi) is 4.72. The maximum Gasteiger partial charge on any atom is 0.418 e. The summed E-state index contributed by atoms with van der Waals surface area (Å²) in [7, 11) is 1.29. The fourth-order valence-corrected chi connectivity index (χ4v) is 2.35. The third-order valence-electron chi connectivity index (χ3n) is 3.40. The monoisotopic (exact) mass is 302 g/mol. The van der Waals surface area contributed by atoms with E-state index >= 15 is 0 Å². The lowest BCUT2D eigenvalue weighted by atomic mass is 10.1. The van der Waals surface area contributed by atoms with Crippen LogP contribution in [0, 0.1) is 0 Å². The van der Waals surface area contributed by atoms with Crippen molar-refractivity contribution in [3.8, 4) is 5.75 Å². The highest BCUT2D eigenvalue weighted by Gasteiger charge is 2.34. The van der Waals surface area contributed by atoms with Crippen LogP contribution in [-0.4, -0.2) is 25.6 Å². The standard InChI is InChI=1S/C14H17F3N2O2/c1-21-10-4-5-12(11(8-10)14(15,16)17)19-13(20)7-9-3-2-6-18-9/h4-5,8-9,18H,2-3,6-7H2,1H3,(H,19,20). The van der Waals surface area contributed by atoms with Crippen molar-refractivity contribution in [1.82, 2.24) is 5.32 Å². The highest BCUT2D eigenvalue weighted by atomic mass is 19.4. The highest BCUT2D eigenvalue weighted by molar-refractivity contribution is 5.92. The molecule has 0 bridgehead atoms. The van der Waals surface area contributed by atoms with Crippen LogP contribution in [0.15, 0.2) is 18.2 Å². The first-order valence-electron chi connectivity index (χ1n) is 6.68. The summed E-state index contributed by atoms with van der Waals surface area (Å²) >= 11 is 0. The fraction of sp³-hybridized carbons (Fsp3) is 0.500. The van der Waals surface area contributed by atoms with Gasteiger partial charge in [0.05, 0.1) is 18.4 Å². The van der Waals surface area contributed by atoms with E-state index in [1.54, 1.807) is 0 Å². The van der Waals surface area contributed by atoms with Crippen molar-refractivity contribution in [2.45, 2.75) is 31.5 Å². The summed E-state index contributed by atoms with van der Waals surface area (Å²) in [5.74, 6) is -0.331. The summed E-state index contributed by atoms with van der Waals surface area (Å²) in [6.45, 7) is 0.842. The largest absolute Gasteiger partial charge is 0.497 e. The van der Waals surface area contributed by atoms with Crippen molar-refractivity contribution in [2.75, 3.05) is 19.0 Å². The maximum atomic E-state index is 13.0. The number of ether oxygens (including phenoxy) is 1. The lowest BCUT2D eigenvalue weighted by molar-refractivity contribution is -0.137. The molecule has 1 heterocycles. The number of nitrogens with one attached hydrogen (secondary N) is 2. The van der Waals surface area contributed by atoms with E-state index in [9.17, 15) is 18.0 Å². The summed E-state index contributed by atoms with van der Waals surface area (Å²) in [6.07, 6.45) is -2.54. The topological polar surface area (TPSA) is 50.4 Å². The zero-order valence-corrected chi connectivity index (χ0v) is 11.6. The SMILES string of the molecule is COc1ccc(NC(=O)CC2CCCN2)c(C(F)(F)F)c1. The number of benzene rings is 1. The van der Waals surface area contributed by atoms with Crippen LogP contribution in [0.1, 0.15) is 24.8 Å². The average molecular weight is 302 g/mol. The summed E-state index contributed by atoms with van der Waals surface area (Å²) in [4.78, 5) is 11.9. The van der Waals surface area contributed by atoms with Crippen molar-refractivity contribution in [2.24, 2.45) is 0 Å². The number of hydrogen-bond donors (Lipinski definition) is 2. The van der Waals surface area contributed by atoms with Crippen molar-refractivity contribution in [1.29, 1.82) is 0 Å². The molecule has 1 aliphatic heterocycles. The molecule has 0 aromatic heterocycles. The molecule has 1 unspecified atom stereocenters. The molecule has 1 fully saturated rings. The zero-order chi connectivity index (χ0) is 15.5. The van der Waals surface area contributed by atoms with Crippen LogP contribution in [-0.2, 0) is 11.0 Å². The third kappa shape index (κ3) is 4.10. The number of methoxy groups -OCH3 is 1. The van der Waals surface area contributed by atoms with Crippen LogP contribution in [0.25, 0.3) is 0 Å². The average Bonchev–Trinajstić information content (AvgIpc) is 2.90. The van der Waals surface area contributed by atoms with Crippen LogP contribution < -0.4 is 15.4 Å². The Morgan fingerprint density at radius 2 is 2.24 bits per heavy atom. The van der Waals surface area contributed by atoms with Crippen LogP contribution in [0.4, 0.5) is 18.9 Å². The molecule has 1 aliphatic rings. The molecule has 0 saturated carbocycles. The van der Waals surface area contributed by atoms with E-state index in [1.165, 1.54) is 19.2 Å². The molecule has 0 aliphatic carbocycles. The van der Waals surface area contributed by atoms with Gasteiger partial charge in [-0.15, -0.1) is 0 Å². The van der Waals surface area contributed by atoms with Gasteiger partial charge in [-0.3, -0.25) is 4.79 Å². The van der Waals surface area contributed by atoms with Gasteiger partial charge in [0.25, 0.3) is 0 Å². The first kappa shape index (κ1) is 15.6. The van der Waals surface area contributed by atoms with Gasteiger partial charge in [0, 0.05) is 12.5 Å². The molecule has 21 heavy (non-hydrogen) atoms. The molecule has 1 atom stereocenters. The molecule has 0 spiro atoms. The smallest absolute Gasteiger partial charge is 0.418 e. The molecule has 116 valence electrons. The molecule has 4 nitrogen and oxygen atoms in total. The van der Waals surface area contributed by atoms with E-state index in [1.807, 2.05) is 0 Å². The van der Waals surface area contributed by atoms with Gasteiger partial charge in [-0.05, 0) is 37.6 Å². The number of carbonyl (C=O) groups excluding carboxylic acids is 1. The molecule has 1 aromatic carbocycles. The van der Waals surface area contributed by atoms with Crippen LogP contribution >= 0.6 is 0 Å². The predicted octanol–water partition coefficient (Wildman–Crippen LogP) is 2.79. The Labute approximate surface area is 120 Å². The molecule has 2 N–H and O–H groups in total. The van der Waals surface area contributed by atoms with E-state index in [0.29, 0.717) is 0 Å². The second-order valence-corrected chi connectivity index (χ2v) is 4.95. The van der Waals surface area contributed by atoms with Gasteiger partial charge in [-0.25, -0.2) is 0 Å². The second kappa shape index (κ2) is 6.34. The van der Waals surface area contributed by atoms with Gasteiger partial charge < -0.3 is 15.4 Å². The Bertz CT molecular complexity index is 511. The Balaban J connectivity index is 2.12. The number of anilines is 1. The Morgan fingerprint density at radius 1 is 1.48 bits per heavy atom. The van der Waals surface area contributed by atoms with Crippen molar-refractivity contribution in [3.63, 3.8) is 0 Å². The number of amides is 1. The summed E-state index contributed by atoms with van der Waals surface area (Å²) in [6, 6.07) is 3.52. The van der Waals surface area contributed by atoms with E-state index in [0.717, 1.165) is 25.5 Å². The maximum absolute atomic E-state index is 13.0. The first-order valence-corrected chi connectivity index (χ1v) is 6.68. The summed E-state index contributed by atoms with van der Waals surface area (Å²) < 4.78 is 43.8. The molecule has 1 saturated heterocycles. The summed E-state index contributed by atoms with van der Waals surface area (Å²) in [5.41, 5.74) is -1.15. The molecule has 1 amide bonds. The third-order valence-corrected chi connectivity index (χ3v) is 3.40. The molecule has 1 aromatic rings. The quantitative estimate of drug-likeness (QED) is 0.899. The van der Waals surface area contributed by atoms with E-state index in [2.05, 4.69) is 10.6 Å². The van der Waals surface area contributed by atoms with Crippen LogP contribution in [0.5, 0.6) is 5.75 Å². The zero-order valence-electron chi connectivity index (χ0n) is 11.6. The fourth-order valence-electron chi connectivity index (χ4n) is 2.35. The number of halogens is 3. The van der Waals surface area contributed by atoms with Crippen molar-refractivity contribution >= 4 is 11.6 Å². The highest BCUT2D eigenvalue weighted by Crippen LogP contribution is 2.37. The Hall–Kier alpha value is -1.76. The van der Waals surface area contributed by atoms with Crippen molar-refractivity contribution in [3.05, 3.63) is 23.8 Å². The normalized spacial score (nSPS) is 18.6. The van der Waals surface area contributed by atoms with Gasteiger partial charge in [0.1, 0.15) is 5.75 Å². The van der Waals surface area contributed by atoms with Gasteiger partial charge >= 0.3 is 6.18 Å². The van der Waals surface area contributed by atoms with Crippen LogP contribution in [0.2, 0.25) is 0 Å². The van der Waals surface area contributed by atoms with Crippen LogP contribution in [0.3, 0.4) is 0 Å². The van der Waals surface area contributed by atoms with Gasteiger partial charge in [-0.2, -0.15) is 13.2 Å². The molecule has 2 rings (SSSR count). The van der Waals surface area contributed by atoms with Crippen molar-refractivity contribution < 1.29 is 22.7 Å². The van der Waals surface area contributed by atoms with Gasteiger partial charge in [0.2, 0.25) is 5.91 Å². The van der Waals surface area contributed by atoms with Gasteiger partial charge in [0.15, 0.2) is 0 Å². The minimum atomic E-state index is -4.55. The molecular weight excluding hydrogens is 285 g/mol. The first-order chi connectivity index (χ1) is 9.90. The van der Waals surface area contributed by atoms with Gasteiger partial charge in [-0.1, -0.05) is 0 Å². The lowest BCUT2D eigenvalue weighted by Gasteiger charge is -2.16. The molecular formula is C14H17F3N2O2. The minimum absolute atomic E-state index is 0.0394. The van der Waals surface area contributed by atoms with E-state index in [-0.39, 0.29) is 23.9 Å². The number of hydrogen-bond acceptors (Lipinski definition) is 3. The number of carbonyl (C=O) groups is 1. The Morgan fingerprint density at radius 3 is 2.81 bits per heavy atom. The minimum Gasteiger partial charge on any atom is -0.497 e. The number of rotatable bonds is 4. The van der Waals surface area contributed by atoms with E-state index in [4.69, 9.17) is 4.74 Å². The number of alkyl halides is 3.